The van der Waals surface area contributed by atoms with E-state index in [0.717, 1.165) is 0 Å². The van der Waals surface area contributed by atoms with Crippen molar-refractivity contribution in [3.63, 3.8) is 0 Å². The minimum absolute atomic E-state index is 0.118. The summed E-state index contributed by atoms with van der Waals surface area (Å²) in [6.07, 6.45) is -0.714. The highest BCUT2D eigenvalue weighted by Crippen LogP contribution is 2.29. The molecule has 162 valence electrons. The number of hydrogen-bond donors (Lipinski definition) is 1. The maximum Gasteiger partial charge on any atom is 0.408 e. The van der Waals surface area contributed by atoms with Crippen LogP contribution in [-0.2, 0) is 16.1 Å². The van der Waals surface area contributed by atoms with Crippen molar-refractivity contribution in [1.82, 2.24) is 5.32 Å². The van der Waals surface area contributed by atoms with Crippen molar-refractivity contribution in [1.29, 1.82) is 0 Å². The van der Waals surface area contributed by atoms with Crippen LogP contribution in [0, 0.1) is 35.0 Å². The summed E-state index contributed by atoms with van der Waals surface area (Å²) in [7, 11) is 0. The normalized spacial score (nSPS) is 12.8. The molecule has 0 saturated carbocycles. The van der Waals surface area contributed by atoms with E-state index in [1.165, 1.54) is 6.92 Å². The van der Waals surface area contributed by atoms with Gasteiger partial charge in [0.25, 0.3) is 0 Å². The van der Waals surface area contributed by atoms with Crippen LogP contribution >= 0.6 is 0 Å². The Labute approximate surface area is 168 Å². The molecule has 2 aromatic carbocycles. The molecule has 0 unspecified atom stereocenters. The number of carbonyl (C=O) groups is 2. The lowest BCUT2D eigenvalue weighted by atomic mass is 9.99. The summed E-state index contributed by atoms with van der Waals surface area (Å²) in [5, 5.41) is 2.20. The van der Waals surface area contributed by atoms with E-state index in [1.807, 2.05) is 0 Å². The zero-order valence-corrected chi connectivity index (χ0v) is 16.0. The van der Waals surface area contributed by atoms with Crippen LogP contribution in [0.15, 0.2) is 30.3 Å². The zero-order chi connectivity index (χ0) is 22.4. The largest absolute Gasteiger partial charge is 0.445 e. The summed E-state index contributed by atoms with van der Waals surface area (Å²) < 4.78 is 76.7. The molecule has 2 rings (SSSR count). The fraction of sp³-hybridized carbons (Fsp3) is 0.300. The van der Waals surface area contributed by atoms with Gasteiger partial charge in [0.1, 0.15) is 12.6 Å². The topological polar surface area (TPSA) is 64.6 Å². The monoisotopic (exact) mass is 431 g/mol. The van der Waals surface area contributed by atoms with E-state index in [4.69, 9.17) is 4.74 Å². The van der Waals surface area contributed by atoms with Gasteiger partial charge in [0.2, 0.25) is 34.8 Å². The Hall–Kier alpha value is -3.17. The van der Waals surface area contributed by atoms with E-state index in [0.29, 0.717) is 12.0 Å². The fourth-order valence-electron chi connectivity index (χ4n) is 2.40. The molecule has 0 aromatic heterocycles. The number of halogens is 5. The predicted octanol–water partition coefficient (Wildman–Crippen LogP) is 4.63. The predicted molar refractivity (Wildman–Crippen MR) is 94.9 cm³/mol. The molecule has 0 aliphatic rings. The SMILES string of the molecule is CC[C@H](C)[C@@H](NC(=O)OCc1ccccc1)C(=O)Oc1c(F)c(F)c(F)c(F)c1F. The maximum absolute atomic E-state index is 13.8. The van der Waals surface area contributed by atoms with Crippen molar-refractivity contribution in [2.24, 2.45) is 5.92 Å². The highest BCUT2D eigenvalue weighted by molar-refractivity contribution is 5.83. The third kappa shape index (κ3) is 5.25. The van der Waals surface area contributed by atoms with E-state index < -0.39 is 58.9 Å². The van der Waals surface area contributed by atoms with Gasteiger partial charge < -0.3 is 14.8 Å². The van der Waals surface area contributed by atoms with Gasteiger partial charge in [-0.2, -0.15) is 8.78 Å². The second kappa shape index (κ2) is 10.0. The van der Waals surface area contributed by atoms with Crippen LogP contribution in [-0.4, -0.2) is 18.1 Å². The van der Waals surface area contributed by atoms with Gasteiger partial charge in [-0.05, 0) is 11.5 Å². The molecule has 0 fully saturated rings. The lowest BCUT2D eigenvalue weighted by molar-refractivity contribution is -0.138. The van der Waals surface area contributed by atoms with Crippen LogP contribution in [0.1, 0.15) is 25.8 Å². The number of benzene rings is 2. The molecule has 2 atom stereocenters. The van der Waals surface area contributed by atoms with Crippen LogP contribution < -0.4 is 10.1 Å². The second-order valence-electron chi connectivity index (χ2n) is 6.39. The Morgan fingerprint density at radius 2 is 1.47 bits per heavy atom. The van der Waals surface area contributed by atoms with Crippen LogP contribution in [0.25, 0.3) is 0 Å². The summed E-state index contributed by atoms with van der Waals surface area (Å²) >= 11 is 0. The molecule has 10 heteroatoms. The Kier molecular flexibility index (Phi) is 7.73. The van der Waals surface area contributed by atoms with E-state index >= 15 is 0 Å². The second-order valence-corrected chi connectivity index (χ2v) is 6.39. The summed E-state index contributed by atoms with van der Waals surface area (Å²) in [6, 6.07) is 7.12. The average molecular weight is 431 g/mol. The van der Waals surface area contributed by atoms with Gasteiger partial charge in [0, 0.05) is 0 Å². The van der Waals surface area contributed by atoms with Gasteiger partial charge in [0.05, 0.1) is 0 Å². The molecule has 0 spiro atoms. The number of alkyl carbamates (subject to hydrolysis) is 1. The van der Waals surface area contributed by atoms with Crippen LogP contribution in [0.5, 0.6) is 5.75 Å². The Morgan fingerprint density at radius 3 is 2.00 bits per heavy atom. The number of hydrogen-bond acceptors (Lipinski definition) is 4. The molecule has 1 amide bonds. The Bertz CT molecular complexity index is 894. The molecule has 30 heavy (non-hydrogen) atoms. The third-order valence-electron chi connectivity index (χ3n) is 4.33. The van der Waals surface area contributed by atoms with E-state index in [2.05, 4.69) is 10.1 Å². The molecule has 0 aliphatic carbocycles. The first-order valence-corrected chi connectivity index (χ1v) is 8.87. The maximum atomic E-state index is 13.8. The molecule has 0 aliphatic heterocycles. The first-order valence-electron chi connectivity index (χ1n) is 8.87. The number of ether oxygens (including phenoxy) is 2. The highest BCUT2D eigenvalue weighted by atomic mass is 19.2. The van der Waals surface area contributed by atoms with E-state index in [-0.39, 0.29) is 6.61 Å². The Balaban J connectivity index is 2.15. The van der Waals surface area contributed by atoms with Crippen molar-refractivity contribution in [2.75, 3.05) is 0 Å². The summed E-state index contributed by atoms with van der Waals surface area (Å²) in [6.45, 7) is 3.05. The molecule has 0 heterocycles. The van der Waals surface area contributed by atoms with E-state index in [1.54, 1.807) is 37.3 Å². The minimum atomic E-state index is -2.38. The standard InChI is InChI=1S/C20H18F5NO4/c1-3-10(2)17(26-20(28)29-9-11-7-5-4-6-8-11)19(27)30-18-15(24)13(22)12(21)14(23)16(18)25/h4-8,10,17H,3,9H2,1-2H3,(H,26,28)/t10-,17+/m0/s1. The van der Waals surface area contributed by atoms with Crippen molar-refractivity contribution in [2.45, 2.75) is 32.9 Å². The van der Waals surface area contributed by atoms with Gasteiger partial charge >= 0.3 is 12.1 Å². The smallest absolute Gasteiger partial charge is 0.408 e. The quantitative estimate of drug-likeness (QED) is 0.228. The number of rotatable bonds is 7. The molecule has 2 aromatic rings. The third-order valence-corrected chi connectivity index (χ3v) is 4.33. The zero-order valence-electron chi connectivity index (χ0n) is 16.0. The molecule has 0 bridgehead atoms. The van der Waals surface area contributed by atoms with Gasteiger partial charge in [0.15, 0.2) is 0 Å². The number of nitrogens with one attached hydrogen (secondary N) is 1. The molecular weight excluding hydrogens is 413 g/mol. The van der Waals surface area contributed by atoms with Gasteiger partial charge in [-0.1, -0.05) is 50.6 Å². The van der Waals surface area contributed by atoms with Crippen LogP contribution in [0.2, 0.25) is 0 Å². The lowest BCUT2D eigenvalue weighted by Gasteiger charge is -2.22. The molecule has 1 N–H and O–H groups in total. The van der Waals surface area contributed by atoms with Crippen molar-refractivity contribution in [3.8, 4) is 5.75 Å². The minimum Gasteiger partial charge on any atom is -0.445 e. The van der Waals surface area contributed by atoms with Crippen molar-refractivity contribution < 1.29 is 41.0 Å². The van der Waals surface area contributed by atoms with Crippen LogP contribution in [0.4, 0.5) is 26.7 Å². The van der Waals surface area contributed by atoms with Crippen molar-refractivity contribution in [3.05, 3.63) is 65.0 Å². The summed E-state index contributed by atoms with van der Waals surface area (Å²) in [4.78, 5) is 24.4. The molecule has 0 saturated heterocycles. The highest BCUT2D eigenvalue weighted by Gasteiger charge is 2.33. The van der Waals surface area contributed by atoms with Gasteiger partial charge in [-0.25, -0.2) is 22.8 Å². The first-order chi connectivity index (χ1) is 14.2. The van der Waals surface area contributed by atoms with Gasteiger partial charge in [-0.15, -0.1) is 0 Å². The fourth-order valence-corrected chi connectivity index (χ4v) is 2.40. The van der Waals surface area contributed by atoms with Crippen LogP contribution in [0.3, 0.4) is 0 Å². The van der Waals surface area contributed by atoms with Crippen molar-refractivity contribution >= 4 is 12.1 Å². The van der Waals surface area contributed by atoms with Gasteiger partial charge in [-0.3, -0.25) is 0 Å². The molecular formula is C20H18F5NO4. The summed E-state index contributed by atoms with van der Waals surface area (Å²) in [5.74, 6) is -15.3. The first kappa shape index (κ1) is 23.1. The lowest BCUT2D eigenvalue weighted by Crippen LogP contribution is -2.47. The van der Waals surface area contributed by atoms with E-state index in [9.17, 15) is 31.5 Å². The average Bonchev–Trinajstić information content (AvgIpc) is 2.76. The summed E-state index contributed by atoms with van der Waals surface area (Å²) in [5.41, 5.74) is 0.664. The Morgan fingerprint density at radius 1 is 0.933 bits per heavy atom. The molecule has 0 radical (unpaired) electrons. The number of carbonyl (C=O) groups excluding carboxylic acids is 2. The number of esters is 1. The molecule has 5 nitrogen and oxygen atoms in total. The number of amides is 1.